The van der Waals surface area contributed by atoms with E-state index in [0.29, 0.717) is 22.6 Å². The number of halogens is 2. The minimum Gasteiger partial charge on any atom is -0.360 e. The number of urea groups is 1. The van der Waals surface area contributed by atoms with Gasteiger partial charge >= 0.3 is 6.03 Å². The van der Waals surface area contributed by atoms with Gasteiger partial charge in [0.25, 0.3) is 5.91 Å². The number of rotatable bonds is 4. The van der Waals surface area contributed by atoms with Crippen LogP contribution < -0.4 is 5.32 Å². The van der Waals surface area contributed by atoms with Crippen LogP contribution in [-0.4, -0.2) is 27.9 Å². The van der Waals surface area contributed by atoms with Crippen LogP contribution in [0, 0.1) is 12.7 Å². The fraction of sp³-hybridized carbons (Fsp3) is 0.200. The number of aryl methyl sites for hydroxylation is 1. The van der Waals surface area contributed by atoms with Gasteiger partial charge in [0.1, 0.15) is 11.9 Å². The van der Waals surface area contributed by atoms with E-state index in [2.05, 4.69) is 10.3 Å². The zero-order valence-corrected chi connectivity index (χ0v) is 15.3. The molecule has 1 fully saturated rings. The van der Waals surface area contributed by atoms with Crippen molar-refractivity contribution in [1.82, 2.24) is 15.2 Å². The molecule has 2 heterocycles. The Morgan fingerprint density at radius 2 is 2.04 bits per heavy atom. The maximum atomic E-state index is 13.7. The highest BCUT2D eigenvalue weighted by molar-refractivity contribution is 6.35. The minimum absolute atomic E-state index is 0.0398. The number of para-hydroxylation sites is 1. The Balaban J connectivity index is 1.53. The molecule has 1 aromatic heterocycles. The van der Waals surface area contributed by atoms with E-state index in [1.54, 1.807) is 31.3 Å². The molecule has 1 unspecified atom stereocenters. The summed E-state index contributed by atoms with van der Waals surface area (Å²) in [5.74, 6) is -0.677. The van der Waals surface area contributed by atoms with Gasteiger partial charge in [-0.25, -0.2) is 9.18 Å². The fourth-order valence-electron chi connectivity index (χ4n) is 3.35. The molecule has 0 spiro atoms. The second-order valence-electron chi connectivity index (χ2n) is 6.69. The molecule has 1 atom stereocenters. The largest absolute Gasteiger partial charge is 0.360 e. The monoisotopic (exact) mass is 385 g/mol. The number of amides is 3. The van der Waals surface area contributed by atoms with Crippen LogP contribution in [0.5, 0.6) is 0 Å². The van der Waals surface area contributed by atoms with Crippen LogP contribution >= 0.6 is 11.6 Å². The number of nitrogens with zero attached hydrogens (tertiary/aromatic N) is 1. The van der Waals surface area contributed by atoms with Crippen LogP contribution in [0.25, 0.3) is 10.9 Å². The van der Waals surface area contributed by atoms with Gasteiger partial charge in [-0.1, -0.05) is 35.9 Å². The third-order valence-electron chi connectivity index (χ3n) is 4.86. The lowest BCUT2D eigenvalue weighted by Gasteiger charge is -2.13. The van der Waals surface area contributed by atoms with Crippen molar-refractivity contribution in [3.8, 4) is 0 Å². The average molecular weight is 386 g/mol. The fourth-order valence-corrected chi connectivity index (χ4v) is 3.58. The summed E-state index contributed by atoms with van der Waals surface area (Å²) in [5.41, 5.74) is 2.79. The molecular weight excluding hydrogens is 369 g/mol. The van der Waals surface area contributed by atoms with Gasteiger partial charge < -0.3 is 10.3 Å². The van der Waals surface area contributed by atoms with E-state index >= 15 is 0 Å². The van der Waals surface area contributed by atoms with Gasteiger partial charge in [0.15, 0.2) is 0 Å². The Morgan fingerprint density at radius 1 is 1.22 bits per heavy atom. The van der Waals surface area contributed by atoms with Gasteiger partial charge in [-0.05, 0) is 35.7 Å². The topological polar surface area (TPSA) is 65.2 Å². The Hall–Kier alpha value is -2.86. The normalized spacial score (nSPS) is 17.0. The standard InChI is InChI=1S/C20H17ClFN3O2/c1-11-5-6-12(7-16(11)22)10-25-19(26)17(24-20(25)27)8-13-9-23-18-14(13)3-2-4-15(18)21/h2-7,9,17,23H,8,10H2,1H3,(H,24,27). The molecule has 27 heavy (non-hydrogen) atoms. The first-order valence-electron chi connectivity index (χ1n) is 8.55. The van der Waals surface area contributed by atoms with Gasteiger partial charge in [-0.3, -0.25) is 9.69 Å². The lowest BCUT2D eigenvalue weighted by molar-refractivity contribution is -0.127. The number of aromatic amines is 1. The number of carbonyl (C=O) groups is 2. The van der Waals surface area contributed by atoms with E-state index in [1.807, 2.05) is 12.1 Å². The van der Waals surface area contributed by atoms with E-state index < -0.39 is 12.1 Å². The van der Waals surface area contributed by atoms with Gasteiger partial charge in [0.2, 0.25) is 0 Å². The van der Waals surface area contributed by atoms with Gasteiger partial charge in [0, 0.05) is 18.0 Å². The van der Waals surface area contributed by atoms with Crippen molar-refractivity contribution in [2.75, 3.05) is 0 Å². The molecule has 3 aromatic rings. The van der Waals surface area contributed by atoms with E-state index in [4.69, 9.17) is 11.6 Å². The lowest BCUT2D eigenvalue weighted by Crippen LogP contribution is -2.32. The number of fused-ring (bicyclic) bond motifs is 1. The first kappa shape index (κ1) is 17.5. The highest BCUT2D eigenvalue weighted by atomic mass is 35.5. The Morgan fingerprint density at radius 3 is 2.81 bits per heavy atom. The van der Waals surface area contributed by atoms with Crippen molar-refractivity contribution >= 4 is 34.4 Å². The molecule has 0 radical (unpaired) electrons. The number of hydrogen-bond acceptors (Lipinski definition) is 2. The average Bonchev–Trinajstić information content (AvgIpc) is 3.16. The summed E-state index contributed by atoms with van der Waals surface area (Å²) >= 11 is 6.17. The molecule has 0 saturated carbocycles. The predicted molar refractivity (Wildman–Crippen MR) is 101 cm³/mol. The molecule has 4 rings (SSSR count). The molecule has 1 aliphatic rings. The maximum Gasteiger partial charge on any atom is 0.325 e. The minimum atomic E-state index is -0.661. The molecule has 2 N–H and O–H groups in total. The zero-order valence-electron chi connectivity index (χ0n) is 14.6. The van der Waals surface area contributed by atoms with Gasteiger partial charge in [0.05, 0.1) is 17.1 Å². The number of hydrogen-bond donors (Lipinski definition) is 2. The summed E-state index contributed by atoms with van der Waals surface area (Å²) in [6.07, 6.45) is 2.15. The highest BCUT2D eigenvalue weighted by Gasteiger charge is 2.38. The van der Waals surface area contributed by atoms with Gasteiger partial charge in [-0.2, -0.15) is 0 Å². The van der Waals surface area contributed by atoms with E-state index in [-0.39, 0.29) is 18.3 Å². The van der Waals surface area contributed by atoms with Crippen molar-refractivity contribution in [2.24, 2.45) is 0 Å². The van der Waals surface area contributed by atoms with Crippen LogP contribution in [0.2, 0.25) is 5.02 Å². The van der Waals surface area contributed by atoms with Crippen molar-refractivity contribution in [3.63, 3.8) is 0 Å². The van der Waals surface area contributed by atoms with Crippen LogP contribution in [-0.2, 0) is 17.8 Å². The molecule has 7 heteroatoms. The van der Waals surface area contributed by atoms with Crippen molar-refractivity contribution in [3.05, 3.63) is 70.1 Å². The lowest BCUT2D eigenvalue weighted by atomic mass is 10.0. The van der Waals surface area contributed by atoms with E-state index in [9.17, 15) is 14.0 Å². The second-order valence-corrected chi connectivity index (χ2v) is 7.10. The molecule has 0 bridgehead atoms. The SMILES string of the molecule is Cc1ccc(CN2C(=O)NC(Cc3c[nH]c4c(Cl)cccc34)C2=O)cc1F. The van der Waals surface area contributed by atoms with Crippen LogP contribution in [0.3, 0.4) is 0 Å². The smallest absolute Gasteiger partial charge is 0.325 e. The van der Waals surface area contributed by atoms with E-state index in [0.717, 1.165) is 21.4 Å². The first-order chi connectivity index (χ1) is 12.9. The number of nitrogens with one attached hydrogen (secondary N) is 2. The summed E-state index contributed by atoms with van der Waals surface area (Å²) in [6, 6.07) is 9.12. The van der Waals surface area contributed by atoms with Crippen molar-refractivity contribution in [1.29, 1.82) is 0 Å². The first-order valence-corrected chi connectivity index (χ1v) is 8.93. The number of H-pyrrole nitrogens is 1. The molecule has 5 nitrogen and oxygen atoms in total. The van der Waals surface area contributed by atoms with Crippen LogP contribution in [0.15, 0.2) is 42.6 Å². The Labute approximate surface area is 160 Å². The third kappa shape index (κ3) is 3.17. The maximum absolute atomic E-state index is 13.7. The molecule has 3 amide bonds. The number of aromatic nitrogens is 1. The molecule has 2 aromatic carbocycles. The quantitative estimate of drug-likeness (QED) is 0.668. The second kappa shape index (κ2) is 6.70. The van der Waals surface area contributed by atoms with Crippen molar-refractivity contribution in [2.45, 2.75) is 25.9 Å². The summed E-state index contributed by atoms with van der Waals surface area (Å²) < 4.78 is 13.7. The van der Waals surface area contributed by atoms with Gasteiger partial charge in [-0.15, -0.1) is 0 Å². The highest BCUT2D eigenvalue weighted by Crippen LogP contribution is 2.27. The molecular formula is C20H17ClFN3O2. The summed E-state index contributed by atoms with van der Waals surface area (Å²) in [6.45, 7) is 1.70. The summed E-state index contributed by atoms with van der Waals surface area (Å²) in [4.78, 5) is 29.2. The number of imide groups is 1. The van der Waals surface area contributed by atoms with E-state index in [1.165, 1.54) is 6.07 Å². The Kier molecular flexibility index (Phi) is 4.36. The number of carbonyl (C=O) groups excluding carboxylic acids is 2. The van der Waals surface area contributed by atoms with Crippen molar-refractivity contribution < 1.29 is 14.0 Å². The molecule has 138 valence electrons. The van der Waals surface area contributed by atoms with Crippen LogP contribution in [0.4, 0.5) is 9.18 Å². The Bertz CT molecular complexity index is 1060. The molecule has 0 aliphatic carbocycles. The predicted octanol–water partition coefficient (Wildman–Crippen LogP) is 3.93. The number of benzene rings is 2. The zero-order chi connectivity index (χ0) is 19.1. The summed E-state index contributed by atoms with van der Waals surface area (Å²) in [5, 5.41) is 4.23. The van der Waals surface area contributed by atoms with Crippen LogP contribution in [0.1, 0.15) is 16.7 Å². The molecule has 1 saturated heterocycles. The summed E-state index contributed by atoms with van der Waals surface area (Å²) in [7, 11) is 0. The molecule has 1 aliphatic heterocycles. The third-order valence-corrected chi connectivity index (χ3v) is 5.17.